The van der Waals surface area contributed by atoms with Crippen molar-refractivity contribution in [1.82, 2.24) is 34.8 Å². The van der Waals surface area contributed by atoms with Gasteiger partial charge in [0.25, 0.3) is 0 Å². The minimum Gasteiger partial charge on any atom is -0.489 e. The normalized spacial score (nSPS) is 19.3. The minimum atomic E-state index is 0.101. The maximum Gasteiger partial charge on any atom is 0.180 e. The molecule has 3 aromatic rings. The summed E-state index contributed by atoms with van der Waals surface area (Å²) in [6, 6.07) is 3.54. The summed E-state index contributed by atoms with van der Waals surface area (Å²) in [6.07, 6.45) is 10.6. The quantitative estimate of drug-likeness (QED) is 0.504. The molecule has 1 saturated heterocycles. The molecule has 0 saturated carbocycles. The number of fused-ring (bicyclic) bond motifs is 1. The summed E-state index contributed by atoms with van der Waals surface area (Å²) in [4.78, 5) is 15.8. The van der Waals surface area contributed by atoms with Crippen molar-refractivity contribution in [3.05, 3.63) is 59.3 Å². The molecular weight excluding hydrogens is 430 g/mol. The van der Waals surface area contributed by atoms with Crippen LogP contribution in [-0.2, 0) is 11.3 Å². The number of allylic oxidation sites excluding steroid dienone is 4. The standard InChI is InChI=1S/C22H24ClN7O2/c23-20-5-4-19-22(26-20)30(28-27-19)15-16-2-1-3-17(12-16)21-24-13-18(14-25-21)32-11-8-29-6-9-31-10-7-29/h1-5,13-14,17H,6-12,15H2. The van der Waals surface area contributed by atoms with Gasteiger partial charge in [0.2, 0.25) is 0 Å². The summed E-state index contributed by atoms with van der Waals surface area (Å²) in [7, 11) is 0. The van der Waals surface area contributed by atoms with Gasteiger partial charge in [0.05, 0.1) is 32.2 Å². The summed E-state index contributed by atoms with van der Waals surface area (Å²) in [5.74, 6) is 1.57. The fourth-order valence-electron chi connectivity index (χ4n) is 3.88. The molecule has 1 fully saturated rings. The summed E-state index contributed by atoms with van der Waals surface area (Å²) < 4.78 is 13.0. The molecule has 9 nitrogen and oxygen atoms in total. The van der Waals surface area contributed by atoms with Gasteiger partial charge in [-0.25, -0.2) is 19.6 Å². The zero-order chi connectivity index (χ0) is 21.8. The maximum absolute atomic E-state index is 6.04. The lowest BCUT2D eigenvalue weighted by molar-refractivity contribution is 0.0322. The smallest absolute Gasteiger partial charge is 0.180 e. The van der Waals surface area contributed by atoms with Gasteiger partial charge in [-0.15, -0.1) is 5.10 Å². The van der Waals surface area contributed by atoms with Gasteiger partial charge in [-0.05, 0) is 24.1 Å². The highest BCUT2D eigenvalue weighted by Gasteiger charge is 2.18. The Morgan fingerprint density at radius 3 is 2.84 bits per heavy atom. The predicted molar refractivity (Wildman–Crippen MR) is 120 cm³/mol. The Morgan fingerprint density at radius 2 is 2.00 bits per heavy atom. The van der Waals surface area contributed by atoms with E-state index >= 15 is 0 Å². The van der Waals surface area contributed by atoms with Crippen molar-refractivity contribution in [2.24, 2.45) is 0 Å². The van der Waals surface area contributed by atoms with E-state index in [0.717, 1.165) is 50.6 Å². The largest absolute Gasteiger partial charge is 0.489 e. The second-order valence-corrected chi connectivity index (χ2v) is 8.21. The second kappa shape index (κ2) is 9.72. The number of hydrogen-bond donors (Lipinski definition) is 0. The number of morpholine rings is 1. The van der Waals surface area contributed by atoms with Crippen molar-refractivity contribution in [3.63, 3.8) is 0 Å². The number of aromatic nitrogens is 6. The number of nitrogens with zero attached hydrogens (tertiary/aromatic N) is 7. The molecule has 0 N–H and O–H groups in total. The Bertz CT molecular complexity index is 1120. The zero-order valence-electron chi connectivity index (χ0n) is 17.6. The molecule has 0 aromatic carbocycles. The van der Waals surface area contributed by atoms with Crippen LogP contribution in [0.3, 0.4) is 0 Å². The average molecular weight is 454 g/mol. The van der Waals surface area contributed by atoms with Crippen molar-refractivity contribution in [2.75, 3.05) is 39.5 Å². The van der Waals surface area contributed by atoms with Gasteiger partial charge < -0.3 is 9.47 Å². The lowest BCUT2D eigenvalue weighted by Gasteiger charge is -2.26. The van der Waals surface area contributed by atoms with Gasteiger partial charge in [-0.2, -0.15) is 0 Å². The van der Waals surface area contributed by atoms with Crippen LogP contribution in [0, 0.1) is 0 Å². The fraction of sp³-hybridized carbons (Fsp3) is 0.409. The SMILES string of the molecule is Clc1ccc2nnn(CC3=CC=CC(c4ncc(OCCN5CCOCC5)cn4)C3)c2n1. The minimum absolute atomic E-state index is 0.101. The molecule has 3 aromatic heterocycles. The molecule has 1 atom stereocenters. The van der Waals surface area contributed by atoms with Crippen molar-refractivity contribution in [3.8, 4) is 5.75 Å². The third-order valence-corrected chi connectivity index (χ3v) is 5.81. The molecule has 4 heterocycles. The molecule has 1 aliphatic carbocycles. The van der Waals surface area contributed by atoms with E-state index in [1.54, 1.807) is 23.1 Å². The molecule has 0 radical (unpaired) electrons. The van der Waals surface area contributed by atoms with E-state index in [0.29, 0.717) is 29.7 Å². The molecule has 166 valence electrons. The van der Waals surface area contributed by atoms with Crippen molar-refractivity contribution < 1.29 is 9.47 Å². The van der Waals surface area contributed by atoms with Gasteiger partial charge in [0.1, 0.15) is 23.1 Å². The molecule has 1 aliphatic heterocycles. The highest BCUT2D eigenvalue weighted by Crippen LogP contribution is 2.28. The Kier molecular flexibility index (Phi) is 6.38. The number of hydrogen-bond acceptors (Lipinski definition) is 8. The average Bonchev–Trinajstić information content (AvgIpc) is 3.22. The highest BCUT2D eigenvalue weighted by atomic mass is 35.5. The molecule has 0 amide bonds. The number of rotatable bonds is 7. The van der Waals surface area contributed by atoms with Gasteiger partial charge in [0.15, 0.2) is 11.4 Å². The fourth-order valence-corrected chi connectivity index (χ4v) is 4.02. The summed E-state index contributed by atoms with van der Waals surface area (Å²) in [5, 5.41) is 8.82. The summed E-state index contributed by atoms with van der Waals surface area (Å²) in [5.41, 5.74) is 2.60. The number of halogens is 1. The van der Waals surface area contributed by atoms with Crippen LogP contribution in [-0.4, -0.2) is 74.3 Å². The Hall–Kier alpha value is -2.88. The molecule has 5 rings (SSSR count). The molecule has 0 spiro atoms. The van der Waals surface area contributed by atoms with E-state index in [1.807, 2.05) is 12.1 Å². The zero-order valence-corrected chi connectivity index (χ0v) is 18.4. The summed E-state index contributed by atoms with van der Waals surface area (Å²) >= 11 is 6.04. The molecule has 1 unspecified atom stereocenters. The van der Waals surface area contributed by atoms with E-state index < -0.39 is 0 Å². The van der Waals surface area contributed by atoms with Crippen molar-refractivity contribution in [1.29, 1.82) is 0 Å². The first-order valence-corrected chi connectivity index (χ1v) is 11.1. The van der Waals surface area contributed by atoms with Gasteiger partial charge in [-0.3, -0.25) is 4.90 Å². The second-order valence-electron chi connectivity index (χ2n) is 7.82. The van der Waals surface area contributed by atoms with Crippen molar-refractivity contribution >= 4 is 22.8 Å². The molecule has 0 bridgehead atoms. The predicted octanol–water partition coefficient (Wildman–Crippen LogP) is 2.65. The van der Waals surface area contributed by atoms with Crippen LogP contribution in [0.15, 0.2) is 48.3 Å². The van der Waals surface area contributed by atoms with Crippen LogP contribution >= 0.6 is 11.6 Å². The van der Waals surface area contributed by atoms with E-state index in [9.17, 15) is 0 Å². The van der Waals surface area contributed by atoms with E-state index in [4.69, 9.17) is 21.1 Å². The Morgan fingerprint density at radius 1 is 1.16 bits per heavy atom. The highest BCUT2D eigenvalue weighted by molar-refractivity contribution is 6.29. The monoisotopic (exact) mass is 453 g/mol. The van der Waals surface area contributed by atoms with Gasteiger partial charge >= 0.3 is 0 Å². The van der Waals surface area contributed by atoms with E-state index in [1.165, 1.54) is 5.57 Å². The molecule has 32 heavy (non-hydrogen) atoms. The summed E-state index contributed by atoms with van der Waals surface area (Å²) in [6.45, 7) is 5.57. The molecule has 2 aliphatic rings. The van der Waals surface area contributed by atoms with Gasteiger partial charge in [0, 0.05) is 25.6 Å². The van der Waals surface area contributed by atoms with Gasteiger partial charge in [-0.1, -0.05) is 35.0 Å². The van der Waals surface area contributed by atoms with Crippen LogP contribution in [0.2, 0.25) is 5.15 Å². The third kappa shape index (κ3) is 4.95. The van der Waals surface area contributed by atoms with Crippen LogP contribution in [0.1, 0.15) is 18.2 Å². The van der Waals surface area contributed by atoms with Crippen LogP contribution in [0.4, 0.5) is 0 Å². The number of ether oxygens (including phenoxy) is 2. The first kappa shape index (κ1) is 21.0. The Balaban J connectivity index is 1.17. The lowest BCUT2D eigenvalue weighted by atomic mass is 9.93. The Labute approximate surface area is 190 Å². The van der Waals surface area contributed by atoms with E-state index in [2.05, 4.69) is 42.3 Å². The lowest BCUT2D eigenvalue weighted by Crippen LogP contribution is -2.38. The van der Waals surface area contributed by atoms with E-state index in [-0.39, 0.29) is 5.92 Å². The first-order chi connectivity index (χ1) is 15.7. The van der Waals surface area contributed by atoms with Crippen LogP contribution in [0.25, 0.3) is 11.2 Å². The topological polar surface area (TPSA) is 91.1 Å². The first-order valence-electron chi connectivity index (χ1n) is 10.7. The van der Waals surface area contributed by atoms with Crippen molar-refractivity contribution in [2.45, 2.75) is 18.9 Å². The van der Waals surface area contributed by atoms with Crippen LogP contribution < -0.4 is 4.74 Å². The molecule has 10 heteroatoms. The third-order valence-electron chi connectivity index (χ3n) is 5.60. The maximum atomic E-state index is 6.04. The molecular formula is C22H24ClN7O2. The number of pyridine rings is 1. The van der Waals surface area contributed by atoms with Crippen LogP contribution in [0.5, 0.6) is 5.75 Å².